The third-order valence-electron chi connectivity index (χ3n) is 5.33. The number of anilines is 1. The van der Waals surface area contributed by atoms with Gasteiger partial charge in [0.05, 0.1) is 43.6 Å². The third kappa shape index (κ3) is 4.49. The summed E-state index contributed by atoms with van der Waals surface area (Å²) in [6.45, 7) is 1.76. The lowest BCUT2D eigenvalue weighted by Gasteiger charge is -2.36. The summed E-state index contributed by atoms with van der Waals surface area (Å²) >= 11 is 1.37. The summed E-state index contributed by atoms with van der Waals surface area (Å²) in [6.07, 6.45) is -0.0273. The van der Waals surface area contributed by atoms with E-state index in [0.29, 0.717) is 27.9 Å². The Labute approximate surface area is 195 Å². The van der Waals surface area contributed by atoms with Crippen molar-refractivity contribution in [3.63, 3.8) is 0 Å². The highest BCUT2D eigenvalue weighted by Gasteiger charge is 2.41. The quantitative estimate of drug-likeness (QED) is 0.625. The van der Waals surface area contributed by atoms with Crippen molar-refractivity contribution in [3.8, 4) is 5.75 Å². The SMILES string of the molecule is COC(=O)C1=C(C)N=C2SC=C(CC(=O)Nc3ccccc3F)N2C1c1ccc(OC)cc1. The molecule has 9 heteroatoms. The number of carbonyl (C=O) groups excluding carboxylic acids is 2. The second-order valence-corrected chi connectivity index (χ2v) is 8.20. The van der Waals surface area contributed by atoms with Crippen molar-refractivity contribution in [1.29, 1.82) is 0 Å². The van der Waals surface area contributed by atoms with Gasteiger partial charge in [0.25, 0.3) is 0 Å². The number of ether oxygens (including phenoxy) is 2. The molecule has 1 unspecified atom stereocenters. The predicted molar refractivity (Wildman–Crippen MR) is 125 cm³/mol. The number of para-hydroxylation sites is 1. The maximum atomic E-state index is 14.0. The average molecular weight is 468 g/mol. The molecule has 2 aromatic rings. The number of fused-ring (bicyclic) bond motifs is 1. The lowest BCUT2D eigenvalue weighted by atomic mass is 9.94. The van der Waals surface area contributed by atoms with Crippen LogP contribution in [-0.4, -0.2) is 36.2 Å². The van der Waals surface area contributed by atoms with Crippen LogP contribution in [0.2, 0.25) is 0 Å². The van der Waals surface area contributed by atoms with E-state index < -0.39 is 17.8 Å². The number of carbonyl (C=O) groups is 2. The van der Waals surface area contributed by atoms with Crippen LogP contribution in [0.15, 0.2) is 75.9 Å². The smallest absolute Gasteiger partial charge is 0.338 e. The molecule has 2 aliphatic rings. The molecule has 2 aliphatic heterocycles. The van der Waals surface area contributed by atoms with E-state index in [4.69, 9.17) is 9.47 Å². The van der Waals surface area contributed by atoms with Crippen LogP contribution in [0, 0.1) is 5.82 Å². The molecule has 0 radical (unpaired) electrons. The van der Waals surface area contributed by atoms with E-state index in [1.807, 2.05) is 34.6 Å². The molecule has 2 heterocycles. The summed E-state index contributed by atoms with van der Waals surface area (Å²) in [7, 11) is 2.90. The van der Waals surface area contributed by atoms with Crippen molar-refractivity contribution < 1.29 is 23.5 Å². The van der Waals surface area contributed by atoms with Gasteiger partial charge in [-0.05, 0) is 42.2 Å². The summed E-state index contributed by atoms with van der Waals surface area (Å²) in [4.78, 5) is 31.9. The summed E-state index contributed by atoms with van der Waals surface area (Å²) < 4.78 is 24.3. The predicted octanol–water partition coefficient (Wildman–Crippen LogP) is 4.61. The van der Waals surface area contributed by atoms with Crippen molar-refractivity contribution in [2.45, 2.75) is 19.4 Å². The fourth-order valence-electron chi connectivity index (χ4n) is 3.76. The monoisotopic (exact) mass is 467 g/mol. The number of halogens is 1. The van der Waals surface area contributed by atoms with Crippen molar-refractivity contribution in [1.82, 2.24) is 4.90 Å². The van der Waals surface area contributed by atoms with E-state index in [9.17, 15) is 14.0 Å². The molecule has 170 valence electrons. The highest BCUT2D eigenvalue weighted by Crippen LogP contribution is 2.45. The van der Waals surface area contributed by atoms with E-state index in [-0.39, 0.29) is 18.0 Å². The molecular weight excluding hydrogens is 445 g/mol. The molecular formula is C24H22FN3O4S. The molecule has 0 bridgehead atoms. The van der Waals surface area contributed by atoms with Crippen LogP contribution in [-0.2, 0) is 14.3 Å². The normalized spacial score (nSPS) is 17.2. The average Bonchev–Trinajstić information content (AvgIpc) is 3.21. The maximum absolute atomic E-state index is 14.0. The first-order valence-electron chi connectivity index (χ1n) is 10.1. The van der Waals surface area contributed by atoms with Gasteiger partial charge in [0.2, 0.25) is 5.91 Å². The summed E-state index contributed by atoms with van der Waals surface area (Å²) in [6, 6.07) is 12.8. The standard InChI is InChI=1S/C24H22FN3O4S/c1-14-21(23(30)32-3)22(15-8-10-17(31-2)11-9-15)28-16(13-33-24(28)26-14)12-20(29)27-19-7-5-4-6-18(19)25/h4-11,13,22H,12H2,1-3H3,(H,27,29). The summed E-state index contributed by atoms with van der Waals surface area (Å²) in [5.74, 6) is -0.709. The Hall–Kier alpha value is -3.59. The first-order chi connectivity index (χ1) is 15.9. The highest BCUT2D eigenvalue weighted by molar-refractivity contribution is 8.16. The molecule has 1 atom stereocenters. The van der Waals surface area contributed by atoms with Gasteiger partial charge in [-0.25, -0.2) is 14.2 Å². The van der Waals surface area contributed by atoms with Gasteiger partial charge >= 0.3 is 5.97 Å². The molecule has 0 fully saturated rings. The molecule has 0 aromatic heterocycles. The Kier molecular flexibility index (Phi) is 6.50. The second kappa shape index (κ2) is 9.50. The van der Waals surface area contributed by atoms with Gasteiger partial charge in [-0.15, -0.1) is 0 Å². The topological polar surface area (TPSA) is 80.2 Å². The lowest BCUT2D eigenvalue weighted by Crippen LogP contribution is -2.37. The Morgan fingerprint density at radius 3 is 2.55 bits per heavy atom. The molecule has 2 aromatic carbocycles. The summed E-state index contributed by atoms with van der Waals surface area (Å²) in [5.41, 5.74) is 2.49. The zero-order chi connectivity index (χ0) is 23.5. The van der Waals surface area contributed by atoms with Crippen LogP contribution >= 0.6 is 11.8 Å². The molecule has 0 aliphatic carbocycles. The van der Waals surface area contributed by atoms with E-state index in [2.05, 4.69) is 10.3 Å². The molecule has 0 saturated heterocycles. The van der Waals surface area contributed by atoms with Crippen LogP contribution < -0.4 is 10.1 Å². The minimum Gasteiger partial charge on any atom is -0.497 e. The third-order valence-corrected chi connectivity index (χ3v) is 6.22. The number of rotatable bonds is 6. The van der Waals surface area contributed by atoms with E-state index in [1.54, 1.807) is 26.2 Å². The number of amides is 1. The van der Waals surface area contributed by atoms with Crippen LogP contribution in [0.4, 0.5) is 10.1 Å². The second-order valence-electron chi connectivity index (χ2n) is 7.36. The van der Waals surface area contributed by atoms with Crippen LogP contribution in [0.3, 0.4) is 0 Å². The van der Waals surface area contributed by atoms with Gasteiger partial charge in [-0.3, -0.25) is 4.79 Å². The zero-order valence-corrected chi connectivity index (χ0v) is 19.1. The van der Waals surface area contributed by atoms with Crippen LogP contribution in [0.25, 0.3) is 0 Å². The number of thioether (sulfide) groups is 1. The Morgan fingerprint density at radius 1 is 1.15 bits per heavy atom. The first-order valence-corrected chi connectivity index (χ1v) is 11.0. The Balaban J connectivity index is 1.67. The molecule has 33 heavy (non-hydrogen) atoms. The molecule has 4 rings (SSSR count). The lowest BCUT2D eigenvalue weighted by molar-refractivity contribution is -0.136. The number of methoxy groups -OCH3 is 2. The van der Waals surface area contributed by atoms with Crippen molar-refractivity contribution >= 4 is 34.5 Å². The van der Waals surface area contributed by atoms with Gasteiger partial charge in [-0.2, -0.15) is 0 Å². The van der Waals surface area contributed by atoms with Gasteiger partial charge in [-0.1, -0.05) is 36.0 Å². The fraction of sp³-hybridized carbons (Fsp3) is 0.208. The Morgan fingerprint density at radius 2 is 1.88 bits per heavy atom. The molecule has 0 saturated carbocycles. The number of aliphatic imine (C=N–C) groups is 1. The van der Waals surface area contributed by atoms with Crippen molar-refractivity contribution in [2.75, 3.05) is 19.5 Å². The van der Waals surface area contributed by atoms with Crippen LogP contribution in [0.5, 0.6) is 5.75 Å². The maximum Gasteiger partial charge on any atom is 0.338 e. The fourth-order valence-corrected chi connectivity index (χ4v) is 4.73. The largest absolute Gasteiger partial charge is 0.497 e. The highest BCUT2D eigenvalue weighted by atomic mass is 32.2. The van der Waals surface area contributed by atoms with Gasteiger partial charge in [0.15, 0.2) is 5.17 Å². The van der Waals surface area contributed by atoms with Crippen molar-refractivity contribution in [2.24, 2.45) is 4.99 Å². The van der Waals surface area contributed by atoms with Crippen molar-refractivity contribution in [3.05, 3.63) is 82.3 Å². The number of nitrogens with one attached hydrogen (secondary N) is 1. The molecule has 7 nitrogen and oxygen atoms in total. The minimum absolute atomic E-state index is 0.0273. The number of hydrogen-bond acceptors (Lipinski definition) is 7. The van der Waals surface area contributed by atoms with Gasteiger partial charge in [0.1, 0.15) is 11.6 Å². The number of esters is 1. The van der Waals surface area contributed by atoms with E-state index in [0.717, 1.165) is 5.56 Å². The molecule has 1 amide bonds. The van der Waals surface area contributed by atoms with Gasteiger partial charge in [0, 0.05) is 5.70 Å². The zero-order valence-electron chi connectivity index (χ0n) is 18.3. The number of amidine groups is 1. The van der Waals surface area contributed by atoms with Crippen LogP contribution in [0.1, 0.15) is 24.9 Å². The number of nitrogens with zero attached hydrogens (tertiary/aromatic N) is 2. The number of benzene rings is 2. The first kappa shape index (κ1) is 22.6. The molecule has 1 N–H and O–H groups in total. The minimum atomic E-state index is -0.543. The van der Waals surface area contributed by atoms with E-state index >= 15 is 0 Å². The van der Waals surface area contributed by atoms with E-state index in [1.165, 1.54) is 31.0 Å². The summed E-state index contributed by atoms with van der Waals surface area (Å²) in [5, 5.41) is 5.08. The number of hydrogen-bond donors (Lipinski definition) is 1. The number of allylic oxidation sites excluding steroid dienone is 1. The molecule has 0 spiro atoms. The van der Waals surface area contributed by atoms with Gasteiger partial charge < -0.3 is 19.7 Å². The Bertz CT molecular complexity index is 1190.